The summed E-state index contributed by atoms with van der Waals surface area (Å²) in [5.41, 5.74) is 3.55. The van der Waals surface area contributed by atoms with Crippen LogP contribution in [0.2, 0.25) is 0 Å². The number of aliphatic hydroxyl groups is 1. The summed E-state index contributed by atoms with van der Waals surface area (Å²) in [5.74, 6) is 0. The number of hydrogen-bond donors (Lipinski definition) is 1. The summed E-state index contributed by atoms with van der Waals surface area (Å²) in [6.07, 6.45) is -0.468. The molecule has 1 unspecified atom stereocenters. The largest absolute Gasteiger partial charge is 0.388 e. The van der Waals surface area contributed by atoms with Crippen LogP contribution in [0.25, 0.3) is 0 Å². The highest BCUT2D eigenvalue weighted by molar-refractivity contribution is 5.16. The highest BCUT2D eigenvalue weighted by atomic mass is 16.3. The minimum Gasteiger partial charge on any atom is -0.388 e. The van der Waals surface area contributed by atoms with Crippen molar-refractivity contribution in [1.82, 2.24) is 0 Å². The summed E-state index contributed by atoms with van der Waals surface area (Å²) in [6.45, 7) is 15.9. The van der Waals surface area contributed by atoms with Crippen molar-refractivity contribution in [3.8, 4) is 0 Å². The fraction of sp³-hybridized carbons (Fsp3) is 0.750. The molecule has 1 N–H and O–H groups in total. The smallest absolute Gasteiger partial charge is 0.0876 e. The van der Waals surface area contributed by atoms with E-state index in [1.54, 1.807) is 0 Å². The summed E-state index contributed by atoms with van der Waals surface area (Å²) in [5, 5.41) is 10.0. The maximum absolute atomic E-state index is 10.0. The van der Waals surface area contributed by atoms with Crippen molar-refractivity contribution in [2.24, 2.45) is 10.8 Å². The Balaban J connectivity index is 4.96. The number of hydrogen-bond acceptors (Lipinski definition) is 1. The zero-order valence-electron chi connectivity index (χ0n) is 9.73. The van der Waals surface area contributed by atoms with Gasteiger partial charge in [0.15, 0.2) is 0 Å². The van der Waals surface area contributed by atoms with Crippen molar-refractivity contribution < 1.29 is 5.11 Å². The van der Waals surface area contributed by atoms with Gasteiger partial charge in [-0.1, -0.05) is 48.1 Å². The summed E-state index contributed by atoms with van der Waals surface area (Å²) in [6, 6.07) is 0. The van der Waals surface area contributed by atoms with E-state index in [9.17, 15) is 5.11 Å². The van der Waals surface area contributed by atoms with Gasteiger partial charge in [0.25, 0.3) is 0 Å². The highest BCUT2D eigenvalue weighted by Crippen LogP contribution is 2.34. The standard InChI is InChI=1S/C12H22O/c1-8-9(11(2,3)4)10(13)12(5,6)7/h10,13H,1H2,2-7H3. The first kappa shape index (κ1) is 12.5. The van der Waals surface area contributed by atoms with Crippen molar-refractivity contribution in [1.29, 1.82) is 0 Å². The molecule has 0 saturated heterocycles. The van der Waals surface area contributed by atoms with Crippen molar-refractivity contribution in [2.45, 2.75) is 47.6 Å². The van der Waals surface area contributed by atoms with Crippen LogP contribution in [0, 0.1) is 10.8 Å². The van der Waals surface area contributed by atoms with Crippen molar-refractivity contribution in [3.63, 3.8) is 0 Å². The molecule has 76 valence electrons. The van der Waals surface area contributed by atoms with Crippen LogP contribution < -0.4 is 0 Å². The van der Waals surface area contributed by atoms with E-state index in [0.29, 0.717) is 0 Å². The topological polar surface area (TPSA) is 20.2 Å². The second-order valence-corrected chi connectivity index (χ2v) is 5.61. The Morgan fingerprint density at radius 1 is 1.15 bits per heavy atom. The molecule has 0 spiro atoms. The van der Waals surface area contributed by atoms with E-state index in [0.717, 1.165) is 5.57 Å². The predicted octanol–water partition coefficient (Wildman–Crippen LogP) is 3.15. The Hall–Kier alpha value is -0.520. The van der Waals surface area contributed by atoms with Crippen LogP contribution in [-0.2, 0) is 0 Å². The van der Waals surface area contributed by atoms with Gasteiger partial charge >= 0.3 is 0 Å². The third-order valence-electron chi connectivity index (χ3n) is 2.09. The van der Waals surface area contributed by atoms with E-state index in [-0.39, 0.29) is 10.8 Å². The summed E-state index contributed by atoms with van der Waals surface area (Å²) in [7, 11) is 0. The SMILES string of the molecule is C=C=C(C(O)C(C)(C)C)C(C)(C)C. The Morgan fingerprint density at radius 2 is 1.54 bits per heavy atom. The zero-order chi connectivity index (χ0) is 10.9. The van der Waals surface area contributed by atoms with Crippen LogP contribution in [0.4, 0.5) is 0 Å². The summed E-state index contributed by atoms with van der Waals surface area (Å²) >= 11 is 0. The minimum atomic E-state index is -0.468. The quantitative estimate of drug-likeness (QED) is 0.618. The monoisotopic (exact) mass is 182 g/mol. The lowest BCUT2D eigenvalue weighted by Gasteiger charge is -2.33. The molecule has 13 heavy (non-hydrogen) atoms. The predicted molar refractivity (Wildman–Crippen MR) is 57.6 cm³/mol. The summed E-state index contributed by atoms with van der Waals surface area (Å²) in [4.78, 5) is 0. The second-order valence-electron chi connectivity index (χ2n) is 5.61. The maximum atomic E-state index is 10.0. The van der Waals surface area contributed by atoms with E-state index < -0.39 is 6.10 Å². The third kappa shape index (κ3) is 3.38. The minimum absolute atomic E-state index is 0.0611. The molecule has 0 aromatic carbocycles. The average Bonchev–Trinajstić information content (AvgIpc) is 1.83. The molecule has 0 radical (unpaired) electrons. The van der Waals surface area contributed by atoms with E-state index >= 15 is 0 Å². The lowest BCUT2D eigenvalue weighted by Crippen LogP contribution is -2.33. The van der Waals surface area contributed by atoms with Gasteiger partial charge in [-0.15, -0.1) is 5.73 Å². The van der Waals surface area contributed by atoms with E-state index in [1.165, 1.54) is 0 Å². The van der Waals surface area contributed by atoms with Crippen LogP contribution in [-0.4, -0.2) is 11.2 Å². The van der Waals surface area contributed by atoms with Crippen LogP contribution >= 0.6 is 0 Å². The Kier molecular flexibility index (Phi) is 3.54. The molecule has 1 nitrogen and oxygen atoms in total. The molecular formula is C12H22O. The highest BCUT2D eigenvalue weighted by Gasteiger charge is 2.31. The Morgan fingerprint density at radius 3 is 1.62 bits per heavy atom. The molecule has 0 amide bonds. The van der Waals surface area contributed by atoms with Gasteiger partial charge in [0.2, 0.25) is 0 Å². The molecule has 1 atom stereocenters. The maximum Gasteiger partial charge on any atom is 0.0876 e. The molecule has 0 bridgehead atoms. The van der Waals surface area contributed by atoms with Gasteiger partial charge in [0.1, 0.15) is 0 Å². The van der Waals surface area contributed by atoms with Crippen LogP contribution in [0.15, 0.2) is 17.9 Å². The first-order valence-corrected chi connectivity index (χ1v) is 4.69. The normalized spacial score (nSPS) is 15.0. The van der Waals surface area contributed by atoms with Crippen LogP contribution in [0.3, 0.4) is 0 Å². The van der Waals surface area contributed by atoms with Gasteiger partial charge in [0, 0.05) is 5.57 Å². The lowest BCUT2D eigenvalue weighted by atomic mass is 9.75. The van der Waals surface area contributed by atoms with Gasteiger partial charge < -0.3 is 5.11 Å². The third-order valence-corrected chi connectivity index (χ3v) is 2.09. The van der Waals surface area contributed by atoms with E-state index in [2.05, 4.69) is 33.1 Å². The van der Waals surface area contributed by atoms with Crippen LogP contribution in [0.5, 0.6) is 0 Å². The molecule has 0 saturated carbocycles. The van der Waals surface area contributed by atoms with Gasteiger partial charge in [-0.3, -0.25) is 0 Å². The number of aliphatic hydroxyl groups excluding tert-OH is 1. The molecule has 1 heteroatoms. The van der Waals surface area contributed by atoms with Crippen molar-refractivity contribution in [2.75, 3.05) is 0 Å². The van der Waals surface area contributed by atoms with E-state index in [4.69, 9.17) is 0 Å². The van der Waals surface area contributed by atoms with Gasteiger partial charge in [0.05, 0.1) is 6.10 Å². The zero-order valence-corrected chi connectivity index (χ0v) is 9.73. The Bertz CT molecular complexity index is 218. The lowest BCUT2D eigenvalue weighted by molar-refractivity contribution is 0.0787. The van der Waals surface area contributed by atoms with Crippen molar-refractivity contribution >= 4 is 0 Å². The second kappa shape index (κ2) is 3.69. The molecule has 0 aromatic heterocycles. The molecule has 0 aliphatic rings. The molecule has 0 aliphatic carbocycles. The molecule has 0 heterocycles. The van der Waals surface area contributed by atoms with Gasteiger partial charge in [-0.25, -0.2) is 0 Å². The average molecular weight is 182 g/mol. The fourth-order valence-electron chi connectivity index (χ4n) is 1.21. The number of rotatable bonds is 1. The molecule has 0 aromatic rings. The molecule has 0 fully saturated rings. The van der Waals surface area contributed by atoms with Crippen LogP contribution in [0.1, 0.15) is 41.5 Å². The van der Waals surface area contributed by atoms with Gasteiger partial charge in [-0.05, 0) is 10.8 Å². The first-order valence-electron chi connectivity index (χ1n) is 4.69. The first-order chi connectivity index (χ1) is 5.60. The van der Waals surface area contributed by atoms with E-state index in [1.807, 2.05) is 20.8 Å². The molecule has 0 rings (SSSR count). The van der Waals surface area contributed by atoms with Crippen molar-refractivity contribution in [3.05, 3.63) is 17.9 Å². The van der Waals surface area contributed by atoms with Gasteiger partial charge in [-0.2, -0.15) is 0 Å². The Labute approximate surface area is 82.2 Å². The molecular weight excluding hydrogens is 160 g/mol. The fourth-order valence-corrected chi connectivity index (χ4v) is 1.21. The summed E-state index contributed by atoms with van der Waals surface area (Å²) < 4.78 is 0. The molecule has 0 aliphatic heterocycles.